The molecule has 0 radical (unpaired) electrons. The van der Waals surface area contributed by atoms with Crippen molar-refractivity contribution >= 4 is 52.0 Å². The molecule has 2 aromatic rings. The van der Waals surface area contributed by atoms with E-state index in [1.54, 1.807) is 0 Å². The molecule has 2 rings (SSSR count). The van der Waals surface area contributed by atoms with Crippen LogP contribution in [0.3, 0.4) is 0 Å². The minimum atomic E-state index is -3.72. The van der Waals surface area contributed by atoms with Crippen LogP contribution in [0, 0.1) is 0 Å². The molecule has 0 atom stereocenters. The average molecular weight is 298 g/mol. The second kappa shape index (κ2) is 5.73. The van der Waals surface area contributed by atoms with E-state index in [1.807, 2.05) is 30.3 Å². The van der Waals surface area contributed by atoms with Gasteiger partial charge in [-0.2, -0.15) is 8.42 Å². The Bertz CT molecular complexity index is 568. The van der Waals surface area contributed by atoms with Crippen LogP contribution in [0.25, 0.3) is 10.8 Å². The molecule has 0 aliphatic heterocycles. The number of benzene rings is 2. The predicted octanol–water partition coefficient (Wildman–Crippen LogP) is 4.20. The monoisotopic (exact) mass is 296 g/mol. The van der Waals surface area contributed by atoms with Gasteiger partial charge in [-0.15, -0.1) is 0 Å². The van der Waals surface area contributed by atoms with Gasteiger partial charge in [0.15, 0.2) is 0 Å². The van der Waals surface area contributed by atoms with Crippen molar-refractivity contribution in [1.29, 1.82) is 0 Å². The highest BCUT2D eigenvalue weighted by Gasteiger charge is 1.94. The van der Waals surface area contributed by atoms with E-state index in [9.17, 15) is 0 Å². The molecule has 0 amide bonds. The Hall–Kier alpha value is -0.480. The van der Waals surface area contributed by atoms with Gasteiger partial charge in [0.1, 0.15) is 0 Å². The molecule has 16 heavy (non-hydrogen) atoms. The largest absolute Gasteiger partial charge is 0.317 e. The summed E-state index contributed by atoms with van der Waals surface area (Å²) in [4.78, 5) is 0. The van der Waals surface area contributed by atoms with E-state index in [0.717, 1.165) is 10.4 Å². The first-order chi connectivity index (χ1) is 7.38. The van der Waals surface area contributed by atoms with Crippen molar-refractivity contribution in [1.82, 2.24) is 0 Å². The zero-order chi connectivity index (χ0) is 12.2. The molecule has 0 heterocycles. The maximum atomic E-state index is 9.16. The lowest BCUT2D eigenvalue weighted by molar-refractivity contribution is 0.621. The van der Waals surface area contributed by atoms with Gasteiger partial charge >= 0.3 is 8.26 Å². The molecule has 0 unspecified atom stereocenters. The second-order valence-corrected chi connectivity index (χ2v) is 6.91. The molecule has 0 aliphatic carbocycles. The van der Waals surface area contributed by atoms with Crippen molar-refractivity contribution in [2.75, 3.05) is 0 Å². The summed E-state index contributed by atoms with van der Waals surface area (Å²) in [6, 6.07) is 14.0. The molecule has 86 valence electrons. The number of hydrogen-bond acceptors (Lipinski definition) is 2. The second-order valence-electron chi connectivity index (χ2n) is 2.84. The molecule has 0 bridgehead atoms. The van der Waals surface area contributed by atoms with Crippen molar-refractivity contribution in [2.24, 2.45) is 0 Å². The van der Waals surface area contributed by atoms with Crippen LogP contribution in [0.15, 0.2) is 42.5 Å². The smallest absolute Gasteiger partial charge is 0.195 e. The van der Waals surface area contributed by atoms with E-state index in [2.05, 4.69) is 33.5 Å². The molecule has 6 heteroatoms. The highest BCUT2D eigenvalue weighted by molar-refractivity contribution is 8.31. The first-order valence-electron chi connectivity index (χ1n) is 4.15. The van der Waals surface area contributed by atoms with Crippen LogP contribution in [0.2, 0.25) is 5.02 Å². The Morgan fingerprint density at radius 2 is 1.38 bits per heavy atom. The lowest BCUT2D eigenvalue weighted by Crippen LogP contribution is -1.70. The topological polar surface area (TPSA) is 34.1 Å². The van der Waals surface area contributed by atoms with Crippen LogP contribution < -0.4 is 0 Å². The lowest BCUT2D eigenvalue weighted by atomic mass is 10.1. The molecule has 2 nitrogen and oxygen atoms in total. The third kappa shape index (κ3) is 5.03. The van der Waals surface area contributed by atoms with Gasteiger partial charge in [-0.05, 0) is 11.5 Å². The fourth-order valence-electron chi connectivity index (χ4n) is 1.19. The van der Waals surface area contributed by atoms with Crippen molar-refractivity contribution in [3.8, 4) is 0 Å². The fourth-order valence-corrected chi connectivity index (χ4v) is 1.43. The van der Waals surface area contributed by atoms with Gasteiger partial charge in [0, 0.05) is 31.8 Å². The molecule has 0 N–H and O–H groups in total. The van der Waals surface area contributed by atoms with E-state index in [1.165, 1.54) is 5.39 Å². The summed E-state index contributed by atoms with van der Waals surface area (Å²) in [5.41, 5.74) is 0. The molecule has 2 aromatic carbocycles. The maximum absolute atomic E-state index is 9.16. The lowest BCUT2D eigenvalue weighted by Gasteiger charge is -1.97. The van der Waals surface area contributed by atoms with Crippen molar-refractivity contribution in [3.05, 3.63) is 47.5 Å². The van der Waals surface area contributed by atoms with E-state index in [0.29, 0.717) is 0 Å². The predicted molar refractivity (Wildman–Crippen MR) is 69.6 cm³/mol. The molecule has 0 saturated heterocycles. The number of halogens is 3. The Morgan fingerprint density at radius 1 is 0.875 bits per heavy atom. The van der Waals surface area contributed by atoms with Crippen LogP contribution >= 0.6 is 33.0 Å². The molecular formula is C10H7Cl3O2S. The molecule has 0 aromatic heterocycles. The van der Waals surface area contributed by atoms with E-state index in [-0.39, 0.29) is 0 Å². The molecule has 0 spiro atoms. The van der Waals surface area contributed by atoms with Crippen molar-refractivity contribution in [2.45, 2.75) is 0 Å². The molecule has 0 saturated carbocycles. The quantitative estimate of drug-likeness (QED) is 0.683. The summed E-state index contributed by atoms with van der Waals surface area (Å²) in [5, 5.41) is 3.14. The Labute approximate surface area is 108 Å². The standard InChI is InChI=1S/C10H7Cl.Cl2O2S/c11-10-7-3-5-8-4-1-2-6-9(8)10;1-5(2,3)4/h1-7H;. The van der Waals surface area contributed by atoms with Gasteiger partial charge < -0.3 is 0 Å². The Balaban J connectivity index is 0.000000221. The van der Waals surface area contributed by atoms with Gasteiger partial charge in [0.05, 0.1) is 0 Å². The zero-order valence-corrected chi connectivity index (χ0v) is 11.0. The molecule has 0 aliphatic rings. The summed E-state index contributed by atoms with van der Waals surface area (Å²) in [7, 11) is 4.81. The van der Waals surface area contributed by atoms with Gasteiger partial charge in [-0.3, -0.25) is 0 Å². The van der Waals surface area contributed by atoms with Crippen LogP contribution in [0.5, 0.6) is 0 Å². The highest BCUT2D eigenvalue weighted by atomic mass is 36.0. The van der Waals surface area contributed by atoms with E-state index >= 15 is 0 Å². The summed E-state index contributed by atoms with van der Waals surface area (Å²) < 4.78 is 18.3. The summed E-state index contributed by atoms with van der Waals surface area (Å²) >= 11 is 5.96. The maximum Gasteiger partial charge on any atom is 0.317 e. The van der Waals surface area contributed by atoms with Gasteiger partial charge in [-0.25, -0.2) is 0 Å². The fraction of sp³-hybridized carbons (Fsp3) is 0. The van der Waals surface area contributed by atoms with Crippen LogP contribution in [0.1, 0.15) is 0 Å². The Morgan fingerprint density at radius 3 is 1.94 bits per heavy atom. The summed E-state index contributed by atoms with van der Waals surface area (Å²) in [6.45, 7) is 0. The van der Waals surface area contributed by atoms with Crippen molar-refractivity contribution < 1.29 is 8.42 Å². The SMILES string of the molecule is Clc1cccc2ccccc12.O=S(=O)(Cl)Cl. The minimum Gasteiger partial charge on any atom is -0.195 e. The zero-order valence-electron chi connectivity index (χ0n) is 7.90. The normalized spacial score (nSPS) is 10.7. The molecular weight excluding hydrogens is 291 g/mol. The first-order valence-corrected chi connectivity index (χ1v) is 7.67. The third-order valence-electron chi connectivity index (χ3n) is 1.74. The van der Waals surface area contributed by atoms with E-state index in [4.69, 9.17) is 20.0 Å². The number of rotatable bonds is 0. The minimum absolute atomic E-state index is 0.822. The summed E-state index contributed by atoms with van der Waals surface area (Å²) in [5.74, 6) is 0. The first kappa shape index (κ1) is 13.6. The van der Waals surface area contributed by atoms with Gasteiger partial charge in [0.25, 0.3) is 0 Å². The third-order valence-corrected chi connectivity index (χ3v) is 2.07. The van der Waals surface area contributed by atoms with Crippen molar-refractivity contribution in [3.63, 3.8) is 0 Å². The summed E-state index contributed by atoms with van der Waals surface area (Å²) in [6.07, 6.45) is 0. The highest BCUT2D eigenvalue weighted by Crippen LogP contribution is 2.21. The number of fused-ring (bicyclic) bond motifs is 1. The molecule has 0 fully saturated rings. The average Bonchev–Trinajstić information content (AvgIpc) is 2.16. The van der Waals surface area contributed by atoms with Crippen LogP contribution in [-0.2, 0) is 8.26 Å². The Kier molecular flexibility index (Phi) is 4.87. The number of hydrogen-bond donors (Lipinski definition) is 0. The van der Waals surface area contributed by atoms with Gasteiger partial charge in [0.2, 0.25) is 0 Å². The van der Waals surface area contributed by atoms with Crippen LogP contribution in [0.4, 0.5) is 0 Å². The van der Waals surface area contributed by atoms with Gasteiger partial charge in [-0.1, -0.05) is 48.0 Å². The van der Waals surface area contributed by atoms with Crippen LogP contribution in [-0.4, -0.2) is 8.42 Å². The van der Waals surface area contributed by atoms with E-state index < -0.39 is 8.26 Å².